The Hall–Kier alpha value is -4.62. The molecule has 0 aliphatic heterocycles. The van der Waals surface area contributed by atoms with Crippen LogP contribution in [0, 0.1) is 25.2 Å². The maximum atomic E-state index is 12.7. The first-order valence-corrected chi connectivity index (χ1v) is 11.8. The zero-order chi connectivity index (χ0) is 25.3. The molecule has 0 saturated heterocycles. The molecule has 0 fully saturated rings. The minimum absolute atomic E-state index is 0.0430. The zero-order valence-corrected chi connectivity index (χ0v) is 20.5. The van der Waals surface area contributed by atoms with Crippen LogP contribution in [0.4, 0.5) is 5.69 Å². The molecule has 4 nitrogen and oxygen atoms in total. The highest BCUT2D eigenvalue weighted by molar-refractivity contribution is 6.09. The number of ether oxygens (including phenoxy) is 1. The van der Waals surface area contributed by atoms with Gasteiger partial charge < -0.3 is 10.1 Å². The van der Waals surface area contributed by atoms with Crippen molar-refractivity contribution in [1.29, 1.82) is 5.26 Å². The van der Waals surface area contributed by atoms with Crippen molar-refractivity contribution in [1.82, 2.24) is 0 Å². The first-order valence-electron chi connectivity index (χ1n) is 11.8. The number of hydrogen-bond donors (Lipinski definition) is 1. The van der Waals surface area contributed by atoms with Crippen LogP contribution < -0.4 is 10.1 Å². The predicted octanol–water partition coefficient (Wildman–Crippen LogP) is 7.02. The molecule has 1 amide bonds. The second-order valence-electron chi connectivity index (χ2n) is 8.84. The van der Waals surface area contributed by atoms with Crippen LogP contribution in [0.3, 0.4) is 0 Å². The summed E-state index contributed by atoms with van der Waals surface area (Å²) in [6, 6.07) is 33.5. The monoisotopic (exact) mass is 472 g/mol. The number of aryl methyl sites for hydroxylation is 2. The lowest BCUT2D eigenvalue weighted by atomic mass is 9.99. The van der Waals surface area contributed by atoms with Crippen molar-refractivity contribution >= 4 is 17.7 Å². The summed E-state index contributed by atoms with van der Waals surface area (Å²) < 4.78 is 5.78. The van der Waals surface area contributed by atoms with E-state index in [1.807, 2.05) is 60.7 Å². The molecule has 1 N–H and O–H groups in total. The van der Waals surface area contributed by atoms with Crippen molar-refractivity contribution in [3.05, 3.63) is 136 Å². The average molecular weight is 473 g/mol. The molecule has 0 bridgehead atoms. The highest BCUT2D eigenvalue weighted by Gasteiger charge is 2.10. The molecular weight excluding hydrogens is 444 g/mol. The highest BCUT2D eigenvalue weighted by Crippen LogP contribution is 2.19. The van der Waals surface area contributed by atoms with Gasteiger partial charge in [-0.1, -0.05) is 83.9 Å². The third-order valence-electron chi connectivity index (χ3n) is 5.71. The van der Waals surface area contributed by atoms with Gasteiger partial charge in [0.1, 0.15) is 24.0 Å². The molecule has 0 unspecified atom stereocenters. The zero-order valence-electron chi connectivity index (χ0n) is 20.5. The predicted molar refractivity (Wildman–Crippen MR) is 145 cm³/mol. The third kappa shape index (κ3) is 6.94. The van der Waals surface area contributed by atoms with Gasteiger partial charge >= 0.3 is 0 Å². The number of anilines is 1. The summed E-state index contributed by atoms with van der Waals surface area (Å²) in [5, 5.41) is 12.3. The molecule has 0 radical (unpaired) electrons. The topological polar surface area (TPSA) is 62.1 Å². The molecule has 4 rings (SSSR count). The molecule has 0 atom stereocenters. The molecule has 0 aliphatic carbocycles. The minimum atomic E-state index is -0.449. The van der Waals surface area contributed by atoms with Gasteiger partial charge in [-0.15, -0.1) is 0 Å². The molecule has 0 aromatic heterocycles. The summed E-state index contributed by atoms with van der Waals surface area (Å²) >= 11 is 0. The number of nitrogens with one attached hydrogen (secondary N) is 1. The van der Waals surface area contributed by atoms with Crippen LogP contribution in [0.15, 0.2) is 103 Å². The highest BCUT2D eigenvalue weighted by atomic mass is 16.5. The van der Waals surface area contributed by atoms with Gasteiger partial charge in [-0.2, -0.15) is 5.26 Å². The van der Waals surface area contributed by atoms with E-state index in [4.69, 9.17) is 4.74 Å². The van der Waals surface area contributed by atoms with Crippen LogP contribution >= 0.6 is 0 Å². The Morgan fingerprint density at radius 1 is 0.833 bits per heavy atom. The largest absolute Gasteiger partial charge is 0.489 e. The first-order chi connectivity index (χ1) is 17.5. The molecular formula is C32H28N2O2. The van der Waals surface area contributed by atoms with Crippen LogP contribution in [0.25, 0.3) is 6.08 Å². The normalized spacial score (nSPS) is 11.0. The SMILES string of the molecule is Cc1cc(C)cc(Cc2ccc(/C=C(\C#N)C(=O)Nc3ccc(OCc4ccccc4)cc3)cc2)c1. The van der Waals surface area contributed by atoms with Crippen LogP contribution in [0.2, 0.25) is 0 Å². The van der Waals surface area contributed by atoms with E-state index in [0.717, 1.165) is 17.5 Å². The summed E-state index contributed by atoms with van der Waals surface area (Å²) in [5.74, 6) is 0.253. The molecule has 178 valence electrons. The Morgan fingerprint density at radius 3 is 2.14 bits per heavy atom. The standard InChI is InChI=1S/C32H28N2O2/c1-23-16-24(2)18-28(17-23)19-25-8-10-26(11-9-25)20-29(21-33)32(35)34-30-12-14-31(15-13-30)36-22-27-6-4-3-5-7-27/h3-18,20H,19,22H2,1-2H3,(H,34,35)/b29-20+. The lowest BCUT2D eigenvalue weighted by molar-refractivity contribution is -0.112. The second-order valence-corrected chi connectivity index (χ2v) is 8.84. The number of carbonyl (C=O) groups excluding carboxylic acids is 1. The smallest absolute Gasteiger partial charge is 0.266 e. The quantitative estimate of drug-likeness (QED) is 0.221. The molecule has 4 aromatic rings. The molecule has 0 aliphatic rings. The summed E-state index contributed by atoms with van der Waals surface area (Å²) in [7, 11) is 0. The van der Waals surface area contributed by atoms with Gasteiger partial charge in [-0.05, 0) is 72.9 Å². The van der Waals surface area contributed by atoms with Crippen molar-refractivity contribution in [3.63, 3.8) is 0 Å². The van der Waals surface area contributed by atoms with Gasteiger partial charge in [-0.25, -0.2) is 0 Å². The minimum Gasteiger partial charge on any atom is -0.489 e. The number of rotatable bonds is 8. The van der Waals surface area contributed by atoms with E-state index in [9.17, 15) is 10.1 Å². The van der Waals surface area contributed by atoms with E-state index in [1.165, 1.54) is 22.3 Å². The maximum Gasteiger partial charge on any atom is 0.266 e. The van der Waals surface area contributed by atoms with E-state index in [2.05, 4.69) is 37.4 Å². The number of carbonyl (C=O) groups is 1. The lowest BCUT2D eigenvalue weighted by Crippen LogP contribution is -2.13. The summed E-state index contributed by atoms with van der Waals surface area (Å²) in [6.45, 7) is 4.68. The van der Waals surface area contributed by atoms with Crippen molar-refractivity contribution < 1.29 is 9.53 Å². The number of nitrogens with zero attached hydrogens (tertiary/aromatic N) is 1. The van der Waals surface area contributed by atoms with Crippen LogP contribution in [0.1, 0.15) is 33.4 Å². The van der Waals surface area contributed by atoms with Gasteiger partial charge in [0.2, 0.25) is 0 Å². The fourth-order valence-corrected chi connectivity index (χ4v) is 4.03. The van der Waals surface area contributed by atoms with Crippen molar-refractivity contribution in [2.45, 2.75) is 26.9 Å². The Kier molecular flexibility index (Phi) is 7.95. The number of benzene rings is 4. The molecule has 0 saturated carbocycles. The molecule has 4 heteroatoms. The molecule has 36 heavy (non-hydrogen) atoms. The summed E-state index contributed by atoms with van der Waals surface area (Å²) in [6.07, 6.45) is 2.44. The van der Waals surface area contributed by atoms with Gasteiger partial charge in [0, 0.05) is 5.69 Å². The van der Waals surface area contributed by atoms with E-state index < -0.39 is 5.91 Å². The second kappa shape index (κ2) is 11.7. The van der Waals surface area contributed by atoms with Crippen LogP contribution in [0.5, 0.6) is 5.75 Å². The molecule has 0 spiro atoms. The van der Waals surface area contributed by atoms with E-state index in [-0.39, 0.29) is 5.57 Å². The Morgan fingerprint density at radius 2 is 1.50 bits per heavy atom. The third-order valence-corrected chi connectivity index (χ3v) is 5.71. The van der Waals surface area contributed by atoms with Gasteiger partial charge in [0.05, 0.1) is 0 Å². The maximum absolute atomic E-state index is 12.7. The van der Waals surface area contributed by atoms with Crippen molar-refractivity contribution in [2.24, 2.45) is 0 Å². The van der Waals surface area contributed by atoms with Crippen LogP contribution in [-0.4, -0.2) is 5.91 Å². The Bertz CT molecular complexity index is 1380. The van der Waals surface area contributed by atoms with Gasteiger partial charge in [0.25, 0.3) is 5.91 Å². The van der Waals surface area contributed by atoms with Gasteiger partial charge in [0.15, 0.2) is 0 Å². The first kappa shape index (κ1) is 24.5. The van der Waals surface area contributed by atoms with Crippen molar-refractivity contribution in [2.75, 3.05) is 5.32 Å². The van der Waals surface area contributed by atoms with Crippen LogP contribution in [-0.2, 0) is 17.8 Å². The fraction of sp³-hybridized carbons (Fsp3) is 0.125. The fourth-order valence-electron chi connectivity index (χ4n) is 4.03. The average Bonchev–Trinajstić information content (AvgIpc) is 2.88. The number of hydrogen-bond acceptors (Lipinski definition) is 3. The molecule has 0 heterocycles. The van der Waals surface area contributed by atoms with Crippen molar-refractivity contribution in [3.8, 4) is 11.8 Å². The number of amides is 1. The summed E-state index contributed by atoms with van der Waals surface area (Å²) in [4.78, 5) is 12.7. The Labute approximate surface area is 212 Å². The van der Waals surface area contributed by atoms with E-state index in [1.54, 1.807) is 30.3 Å². The Balaban J connectivity index is 1.36. The van der Waals surface area contributed by atoms with Gasteiger partial charge in [-0.3, -0.25) is 4.79 Å². The molecule has 4 aromatic carbocycles. The van der Waals surface area contributed by atoms with E-state index >= 15 is 0 Å². The summed E-state index contributed by atoms with van der Waals surface area (Å²) in [5.41, 5.74) is 7.47. The lowest BCUT2D eigenvalue weighted by Gasteiger charge is -2.08. The van der Waals surface area contributed by atoms with E-state index in [0.29, 0.717) is 18.0 Å². The number of nitriles is 1.